The van der Waals surface area contributed by atoms with Gasteiger partial charge in [-0.2, -0.15) is 0 Å². The molecule has 1 atom stereocenters. The smallest absolute Gasteiger partial charge is 0.271 e. The van der Waals surface area contributed by atoms with Crippen LogP contribution in [0.1, 0.15) is 31.2 Å². The number of hydrogen-bond donors (Lipinski definition) is 0. The summed E-state index contributed by atoms with van der Waals surface area (Å²) in [4.78, 5) is 31.0. The van der Waals surface area contributed by atoms with Gasteiger partial charge in [-0.3, -0.25) is 14.2 Å². The van der Waals surface area contributed by atoms with E-state index in [0.29, 0.717) is 43.4 Å². The number of allylic oxidation sites excluding steroid dienone is 2. The van der Waals surface area contributed by atoms with Gasteiger partial charge in [-0.15, -0.1) is 0 Å². The van der Waals surface area contributed by atoms with E-state index in [0.717, 1.165) is 0 Å². The monoisotopic (exact) mass is 424 g/mol. The standard InChI is InChI=1S/C22H20N2O5S/c1-12-19(13(2)25)20(16-8-7-14(27-3)10-17(16)28-4)24-21(26)18(30-22(24)23-12)11-15-6-5-9-29-15/h5-11,20H,1-4H3/b18-11-/t20-/m0/s1. The number of furan rings is 1. The first-order valence-electron chi connectivity index (χ1n) is 9.23. The Hall–Kier alpha value is -3.39. The van der Waals surface area contributed by atoms with Crippen molar-refractivity contribution in [1.82, 2.24) is 4.57 Å². The number of Topliss-reactive ketones (excluding diaryl/α,β-unsaturated/α-hetero) is 1. The molecule has 0 radical (unpaired) electrons. The molecule has 0 aliphatic carbocycles. The predicted octanol–water partition coefficient (Wildman–Crippen LogP) is 2.43. The number of benzene rings is 1. The van der Waals surface area contributed by atoms with E-state index >= 15 is 0 Å². The molecule has 154 valence electrons. The average Bonchev–Trinajstić information content (AvgIpc) is 3.34. The Balaban J connectivity index is 2.02. The Labute approximate surface area is 176 Å². The summed E-state index contributed by atoms with van der Waals surface area (Å²) in [5.41, 5.74) is 1.47. The first kappa shape index (κ1) is 19.9. The second-order valence-corrected chi connectivity index (χ2v) is 7.77. The van der Waals surface area contributed by atoms with Crippen LogP contribution in [-0.4, -0.2) is 24.6 Å². The van der Waals surface area contributed by atoms with Crippen molar-refractivity contribution in [2.75, 3.05) is 14.2 Å². The Morgan fingerprint density at radius 3 is 2.70 bits per heavy atom. The lowest BCUT2D eigenvalue weighted by Gasteiger charge is -2.26. The number of thiazole rings is 1. The molecule has 1 aliphatic heterocycles. The number of carbonyl (C=O) groups excluding carboxylic acids is 1. The van der Waals surface area contributed by atoms with Gasteiger partial charge in [-0.05, 0) is 38.1 Å². The molecule has 4 rings (SSSR count). The molecule has 8 heteroatoms. The van der Waals surface area contributed by atoms with Gasteiger partial charge in [0.05, 0.1) is 31.1 Å². The van der Waals surface area contributed by atoms with Crippen molar-refractivity contribution in [1.29, 1.82) is 0 Å². The molecular formula is C22H20N2O5S. The molecule has 2 aromatic heterocycles. The summed E-state index contributed by atoms with van der Waals surface area (Å²) in [5.74, 6) is 1.56. The van der Waals surface area contributed by atoms with Gasteiger partial charge >= 0.3 is 0 Å². The highest BCUT2D eigenvalue weighted by Crippen LogP contribution is 2.37. The minimum atomic E-state index is -0.654. The minimum Gasteiger partial charge on any atom is -0.497 e. The summed E-state index contributed by atoms with van der Waals surface area (Å²) >= 11 is 1.25. The van der Waals surface area contributed by atoms with Crippen LogP contribution in [0.5, 0.6) is 11.5 Å². The van der Waals surface area contributed by atoms with Crippen molar-refractivity contribution in [3.63, 3.8) is 0 Å². The molecule has 3 aromatic rings. The lowest BCUT2D eigenvalue weighted by molar-refractivity contribution is -0.114. The van der Waals surface area contributed by atoms with Crippen molar-refractivity contribution in [3.8, 4) is 11.5 Å². The predicted molar refractivity (Wildman–Crippen MR) is 113 cm³/mol. The molecule has 0 amide bonds. The van der Waals surface area contributed by atoms with E-state index in [4.69, 9.17) is 13.9 Å². The van der Waals surface area contributed by atoms with Gasteiger partial charge in [-0.25, -0.2) is 4.99 Å². The molecule has 0 saturated carbocycles. The molecule has 0 spiro atoms. The van der Waals surface area contributed by atoms with Gasteiger partial charge in [0.2, 0.25) is 0 Å². The fourth-order valence-electron chi connectivity index (χ4n) is 3.61. The lowest BCUT2D eigenvalue weighted by Crippen LogP contribution is -2.39. The van der Waals surface area contributed by atoms with Gasteiger partial charge < -0.3 is 13.9 Å². The third-order valence-corrected chi connectivity index (χ3v) is 5.94. The number of aromatic nitrogens is 1. The molecule has 0 saturated heterocycles. The van der Waals surface area contributed by atoms with E-state index in [1.807, 2.05) is 6.07 Å². The Kier molecular flexibility index (Phi) is 5.17. The number of ketones is 1. The zero-order chi connectivity index (χ0) is 21.4. The SMILES string of the molecule is COc1ccc([C@H]2C(C(C)=O)=C(C)N=c3s/c(=C\c4ccco4)c(=O)n32)c(OC)c1. The van der Waals surface area contributed by atoms with Crippen molar-refractivity contribution in [3.05, 3.63) is 78.9 Å². The zero-order valence-electron chi connectivity index (χ0n) is 17.0. The Morgan fingerprint density at radius 1 is 1.27 bits per heavy atom. The first-order chi connectivity index (χ1) is 14.4. The maximum absolute atomic E-state index is 13.4. The third kappa shape index (κ3) is 3.29. The molecule has 1 aliphatic rings. The van der Waals surface area contributed by atoms with Crippen LogP contribution in [-0.2, 0) is 4.79 Å². The first-order valence-corrected chi connectivity index (χ1v) is 10.0. The van der Waals surface area contributed by atoms with E-state index in [-0.39, 0.29) is 11.3 Å². The van der Waals surface area contributed by atoms with Crippen LogP contribution in [0.4, 0.5) is 0 Å². The molecule has 0 bridgehead atoms. The van der Waals surface area contributed by atoms with Crippen molar-refractivity contribution >= 4 is 23.2 Å². The van der Waals surface area contributed by atoms with E-state index in [1.165, 1.54) is 18.3 Å². The molecule has 30 heavy (non-hydrogen) atoms. The van der Waals surface area contributed by atoms with E-state index in [2.05, 4.69) is 4.99 Å². The molecule has 0 fully saturated rings. The molecule has 1 aromatic carbocycles. The zero-order valence-corrected chi connectivity index (χ0v) is 17.8. The number of carbonyl (C=O) groups is 1. The molecule has 7 nitrogen and oxygen atoms in total. The summed E-state index contributed by atoms with van der Waals surface area (Å²) in [6.45, 7) is 3.26. The second-order valence-electron chi connectivity index (χ2n) is 6.76. The Bertz CT molecular complexity index is 1330. The normalized spacial score (nSPS) is 16.3. The fourth-order valence-corrected chi connectivity index (χ4v) is 4.64. The van der Waals surface area contributed by atoms with Crippen LogP contribution in [0.15, 0.2) is 62.1 Å². The van der Waals surface area contributed by atoms with Crippen LogP contribution < -0.4 is 24.4 Å². The molecule has 0 N–H and O–H groups in total. The summed E-state index contributed by atoms with van der Waals surface area (Å²) in [5, 5.41) is 0. The van der Waals surface area contributed by atoms with Crippen LogP contribution in [0.25, 0.3) is 6.08 Å². The maximum atomic E-state index is 13.4. The summed E-state index contributed by atoms with van der Waals surface area (Å²) in [6, 6.07) is 8.21. The largest absolute Gasteiger partial charge is 0.497 e. The molecule has 3 heterocycles. The van der Waals surface area contributed by atoms with Crippen LogP contribution in [0, 0.1) is 0 Å². The van der Waals surface area contributed by atoms with Gasteiger partial charge in [-0.1, -0.05) is 11.3 Å². The maximum Gasteiger partial charge on any atom is 0.271 e. The van der Waals surface area contributed by atoms with E-state index in [1.54, 1.807) is 62.3 Å². The highest BCUT2D eigenvalue weighted by Gasteiger charge is 2.32. The summed E-state index contributed by atoms with van der Waals surface area (Å²) in [6.07, 6.45) is 3.23. The highest BCUT2D eigenvalue weighted by molar-refractivity contribution is 7.07. The lowest BCUT2D eigenvalue weighted by atomic mass is 9.92. The van der Waals surface area contributed by atoms with E-state index in [9.17, 15) is 9.59 Å². The highest BCUT2D eigenvalue weighted by atomic mass is 32.1. The van der Waals surface area contributed by atoms with Gasteiger partial charge in [0.15, 0.2) is 10.6 Å². The number of fused-ring (bicyclic) bond motifs is 1. The number of ether oxygens (including phenoxy) is 2. The average molecular weight is 424 g/mol. The number of rotatable bonds is 5. The topological polar surface area (TPSA) is 83.0 Å². The van der Waals surface area contributed by atoms with Crippen molar-refractivity contribution < 1.29 is 18.7 Å². The fraction of sp³-hybridized carbons (Fsp3) is 0.227. The van der Waals surface area contributed by atoms with E-state index < -0.39 is 6.04 Å². The number of methoxy groups -OCH3 is 2. The van der Waals surface area contributed by atoms with Crippen LogP contribution in [0.3, 0.4) is 0 Å². The minimum absolute atomic E-state index is 0.153. The van der Waals surface area contributed by atoms with Crippen molar-refractivity contribution in [2.24, 2.45) is 4.99 Å². The van der Waals surface area contributed by atoms with Gasteiger partial charge in [0.1, 0.15) is 17.3 Å². The van der Waals surface area contributed by atoms with Crippen molar-refractivity contribution in [2.45, 2.75) is 19.9 Å². The van der Waals surface area contributed by atoms with Crippen LogP contribution >= 0.6 is 11.3 Å². The quantitative estimate of drug-likeness (QED) is 0.628. The van der Waals surface area contributed by atoms with Gasteiger partial charge in [0.25, 0.3) is 5.56 Å². The van der Waals surface area contributed by atoms with Gasteiger partial charge in [0, 0.05) is 29.0 Å². The number of hydrogen-bond acceptors (Lipinski definition) is 7. The summed E-state index contributed by atoms with van der Waals surface area (Å²) in [7, 11) is 3.11. The Morgan fingerprint density at radius 2 is 2.07 bits per heavy atom. The molecular weight excluding hydrogens is 404 g/mol. The van der Waals surface area contributed by atoms with Crippen LogP contribution in [0.2, 0.25) is 0 Å². The summed E-state index contributed by atoms with van der Waals surface area (Å²) < 4.78 is 18.2. The second kappa shape index (κ2) is 7.79. The number of nitrogens with zero attached hydrogens (tertiary/aromatic N) is 2. The molecule has 0 unspecified atom stereocenters. The third-order valence-electron chi connectivity index (χ3n) is 4.95.